The number of nitrogens with zero attached hydrogens (tertiary/aromatic N) is 1. The largest absolute Gasteiger partial charge is 0.495 e. The van der Waals surface area contributed by atoms with E-state index in [1.165, 1.54) is 12.1 Å². The Labute approximate surface area is 177 Å². The minimum absolute atomic E-state index is 0.0354. The summed E-state index contributed by atoms with van der Waals surface area (Å²) in [5, 5.41) is 2.33. The first-order valence-corrected chi connectivity index (χ1v) is 11.4. The number of rotatable bonds is 7. The summed E-state index contributed by atoms with van der Waals surface area (Å²) in [5.41, 5.74) is 1.91. The van der Waals surface area contributed by atoms with Crippen molar-refractivity contribution in [3.05, 3.63) is 48.0 Å². The molecular formula is C22H26N2O5S. The van der Waals surface area contributed by atoms with Gasteiger partial charge in [-0.2, -0.15) is 0 Å². The van der Waals surface area contributed by atoms with E-state index in [2.05, 4.69) is 5.32 Å². The van der Waals surface area contributed by atoms with Gasteiger partial charge in [-0.3, -0.25) is 9.59 Å². The topological polar surface area (TPSA) is 92.8 Å². The summed E-state index contributed by atoms with van der Waals surface area (Å²) < 4.78 is 29.8. The van der Waals surface area contributed by atoms with Crippen molar-refractivity contribution in [2.24, 2.45) is 0 Å². The Bertz CT molecular complexity index is 1050. The van der Waals surface area contributed by atoms with Gasteiger partial charge in [-0.1, -0.05) is 12.1 Å². The number of hydrogen-bond acceptors (Lipinski definition) is 5. The maximum atomic E-state index is 12.5. The molecule has 0 bridgehead atoms. The van der Waals surface area contributed by atoms with Gasteiger partial charge in [-0.15, -0.1) is 0 Å². The van der Waals surface area contributed by atoms with Crippen LogP contribution in [0.4, 0.5) is 11.4 Å². The fraction of sp³-hybridized carbons (Fsp3) is 0.364. The average molecular weight is 431 g/mol. The zero-order chi connectivity index (χ0) is 21.9. The maximum absolute atomic E-state index is 12.5. The van der Waals surface area contributed by atoms with Crippen molar-refractivity contribution in [1.82, 2.24) is 0 Å². The van der Waals surface area contributed by atoms with E-state index >= 15 is 0 Å². The van der Waals surface area contributed by atoms with E-state index in [0.29, 0.717) is 35.7 Å². The molecule has 160 valence electrons. The number of carbonyl (C=O) groups is 2. The van der Waals surface area contributed by atoms with Crippen LogP contribution in [0, 0.1) is 0 Å². The second-order valence-electron chi connectivity index (χ2n) is 7.50. The summed E-state index contributed by atoms with van der Waals surface area (Å²) in [6.45, 7) is 3.89. The van der Waals surface area contributed by atoms with E-state index in [9.17, 15) is 18.0 Å². The molecule has 2 aromatic carbocycles. The SMILES string of the molecule is COc1ccc(NC(=O)Cc2ccc(S(=O)(=O)C(C)C)cc2)cc1N1CCCC1=O. The van der Waals surface area contributed by atoms with Crippen molar-refractivity contribution in [1.29, 1.82) is 0 Å². The van der Waals surface area contributed by atoms with Gasteiger partial charge in [0.1, 0.15) is 5.75 Å². The highest BCUT2D eigenvalue weighted by Crippen LogP contribution is 2.34. The van der Waals surface area contributed by atoms with Crippen molar-refractivity contribution in [3.63, 3.8) is 0 Å². The average Bonchev–Trinajstić information content (AvgIpc) is 3.14. The highest BCUT2D eigenvalue weighted by Gasteiger charge is 2.25. The highest BCUT2D eigenvalue weighted by atomic mass is 32.2. The van der Waals surface area contributed by atoms with Gasteiger partial charge in [0, 0.05) is 18.7 Å². The molecule has 0 unspecified atom stereocenters. The molecule has 0 aromatic heterocycles. The number of sulfone groups is 1. The third-order valence-electron chi connectivity index (χ3n) is 5.06. The van der Waals surface area contributed by atoms with Crippen molar-refractivity contribution in [2.75, 3.05) is 23.9 Å². The first-order chi connectivity index (χ1) is 14.2. The molecule has 1 fully saturated rings. The number of methoxy groups -OCH3 is 1. The Balaban J connectivity index is 1.71. The minimum Gasteiger partial charge on any atom is -0.495 e. The summed E-state index contributed by atoms with van der Waals surface area (Å²) in [6, 6.07) is 11.5. The number of hydrogen-bond donors (Lipinski definition) is 1. The van der Waals surface area contributed by atoms with Crippen LogP contribution in [-0.4, -0.2) is 39.1 Å². The second-order valence-corrected chi connectivity index (χ2v) is 10.0. The van der Waals surface area contributed by atoms with E-state index in [0.717, 1.165) is 6.42 Å². The summed E-state index contributed by atoms with van der Waals surface area (Å²) >= 11 is 0. The molecular weight excluding hydrogens is 404 g/mol. The molecule has 0 spiro atoms. The summed E-state index contributed by atoms with van der Waals surface area (Å²) in [6.07, 6.45) is 1.40. The number of ether oxygens (including phenoxy) is 1. The van der Waals surface area contributed by atoms with E-state index in [1.54, 1.807) is 56.2 Å². The number of anilines is 2. The molecule has 2 aromatic rings. The van der Waals surface area contributed by atoms with Gasteiger partial charge in [0.25, 0.3) is 0 Å². The summed E-state index contributed by atoms with van der Waals surface area (Å²) in [4.78, 5) is 26.5. The fourth-order valence-corrected chi connectivity index (χ4v) is 4.40. The standard InChI is InChI=1S/C22H26N2O5S/c1-15(2)30(27,28)18-9-6-16(7-10-18)13-21(25)23-17-8-11-20(29-3)19(14-17)24-12-4-5-22(24)26/h6-11,14-15H,4-5,12-13H2,1-3H3,(H,23,25). The maximum Gasteiger partial charge on any atom is 0.228 e. The van der Waals surface area contributed by atoms with Crippen LogP contribution in [0.2, 0.25) is 0 Å². The molecule has 7 nitrogen and oxygen atoms in total. The van der Waals surface area contributed by atoms with Gasteiger partial charge in [-0.25, -0.2) is 8.42 Å². The van der Waals surface area contributed by atoms with Crippen LogP contribution in [-0.2, 0) is 25.8 Å². The molecule has 1 aliphatic heterocycles. The van der Waals surface area contributed by atoms with Gasteiger partial charge in [0.15, 0.2) is 9.84 Å². The lowest BCUT2D eigenvalue weighted by Crippen LogP contribution is -2.24. The molecule has 0 saturated carbocycles. The van der Waals surface area contributed by atoms with Crippen LogP contribution < -0.4 is 15.0 Å². The molecule has 8 heteroatoms. The van der Waals surface area contributed by atoms with Crippen LogP contribution in [0.1, 0.15) is 32.3 Å². The lowest BCUT2D eigenvalue weighted by atomic mass is 10.1. The molecule has 1 saturated heterocycles. The first kappa shape index (κ1) is 21.8. The molecule has 3 rings (SSSR count). The van der Waals surface area contributed by atoms with Crippen LogP contribution in [0.5, 0.6) is 5.75 Å². The second kappa shape index (κ2) is 8.87. The Morgan fingerprint density at radius 1 is 1.17 bits per heavy atom. The van der Waals surface area contributed by atoms with Crippen molar-refractivity contribution >= 4 is 33.0 Å². The summed E-state index contributed by atoms with van der Waals surface area (Å²) in [7, 11) is -1.80. The third-order valence-corrected chi connectivity index (χ3v) is 7.23. The fourth-order valence-electron chi connectivity index (χ4n) is 3.34. The van der Waals surface area contributed by atoms with E-state index in [-0.39, 0.29) is 23.1 Å². The molecule has 2 amide bonds. The highest BCUT2D eigenvalue weighted by molar-refractivity contribution is 7.92. The smallest absolute Gasteiger partial charge is 0.228 e. The van der Waals surface area contributed by atoms with Gasteiger partial charge in [0.2, 0.25) is 11.8 Å². The van der Waals surface area contributed by atoms with Gasteiger partial charge >= 0.3 is 0 Å². The Morgan fingerprint density at radius 2 is 1.87 bits per heavy atom. The van der Waals surface area contributed by atoms with Gasteiger partial charge in [-0.05, 0) is 56.2 Å². The zero-order valence-electron chi connectivity index (χ0n) is 17.3. The Hall–Kier alpha value is -2.87. The van der Waals surface area contributed by atoms with Gasteiger partial charge in [0.05, 0.1) is 29.4 Å². The number of nitrogens with one attached hydrogen (secondary N) is 1. The Kier molecular flexibility index (Phi) is 6.45. The summed E-state index contributed by atoms with van der Waals surface area (Å²) in [5.74, 6) is 0.372. The molecule has 1 aliphatic rings. The van der Waals surface area contributed by atoms with Crippen molar-refractivity contribution in [3.8, 4) is 5.75 Å². The molecule has 1 N–H and O–H groups in total. The lowest BCUT2D eigenvalue weighted by Gasteiger charge is -2.20. The minimum atomic E-state index is -3.34. The first-order valence-electron chi connectivity index (χ1n) is 9.83. The van der Waals surface area contributed by atoms with Gasteiger partial charge < -0.3 is 15.0 Å². The number of carbonyl (C=O) groups excluding carboxylic acids is 2. The van der Waals surface area contributed by atoms with Crippen LogP contribution >= 0.6 is 0 Å². The monoisotopic (exact) mass is 430 g/mol. The quantitative estimate of drug-likeness (QED) is 0.728. The Morgan fingerprint density at radius 3 is 2.43 bits per heavy atom. The van der Waals surface area contributed by atoms with Crippen LogP contribution in [0.3, 0.4) is 0 Å². The van der Waals surface area contributed by atoms with E-state index in [4.69, 9.17) is 4.74 Å². The molecule has 0 atom stereocenters. The number of amides is 2. The molecule has 1 heterocycles. The van der Waals surface area contributed by atoms with E-state index in [1.807, 2.05) is 0 Å². The number of benzene rings is 2. The zero-order valence-corrected chi connectivity index (χ0v) is 18.2. The third kappa shape index (κ3) is 4.64. The van der Waals surface area contributed by atoms with Crippen LogP contribution in [0.15, 0.2) is 47.4 Å². The predicted molar refractivity (Wildman–Crippen MR) is 116 cm³/mol. The molecule has 0 radical (unpaired) electrons. The predicted octanol–water partition coefficient (Wildman–Crippen LogP) is 3.19. The molecule has 0 aliphatic carbocycles. The van der Waals surface area contributed by atoms with Crippen LogP contribution in [0.25, 0.3) is 0 Å². The van der Waals surface area contributed by atoms with Crippen molar-refractivity contribution in [2.45, 2.75) is 43.3 Å². The lowest BCUT2D eigenvalue weighted by molar-refractivity contribution is -0.117. The normalized spacial score (nSPS) is 14.3. The van der Waals surface area contributed by atoms with Crippen molar-refractivity contribution < 1.29 is 22.7 Å². The molecule has 30 heavy (non-hydrogen) atoms. The van der Waals surface area contributed by atoms with E-state index < -0.39 is 15.1 Å².